The molecule has 3 aromatic carbocycles. The number of halogens is 2. The lowest BCUT2D eigenvalue weighted by Crippen LogP contribution is -2.53. The predicted molar refractivity (Wildman–Crippen MR) is 161 cm³/mol. The van der Waals surface area contributed by atoms with Gasteiger partial charge in [-0.15, -0.1) is 0 Å². The molecule has 0 aliphatic heterocycles. The summed E-state index contributed by atoms with van der Waals surface area (Å²) < 4.78 is 28.9. The highest BCUT2D eigenvalue weighted by Gasteiger charge is 2.34. The van der Waals surface area contributed by atoms with E-state index < -0.39 is 28.5 Å². The van der Waals surface area contributed by atoms with E-state index >= 15 is 0 Å². The summed E-state index contributed by atoms with van der Waals surface area (Å²) in [7, 11) is -4.20. The quantitative estimate of drug-likeness (QED) is 0.285. The smallest absolute Gasteiger partial charge is 0.264 e. The third kappa shape index (κ3) is 7.56. The minimum absolute atomic E-state index is 0.0204. The molecule has 0 saturated heterocycles. The summed E-state index contributed by atoms with van der Waals surface area (Å²) in [6, 6.07) is 17.4. The van der Waals surface area contributed by atoms with Crippen LogP contribution in [-0.2, 0) is 26.2 Å². The molecule has 3 rings (SSSR count). The molecular formula is C30H35Cl2N3O4S. The lowest BCUT2D eigenvalue weighted by Gasteiger charge is -2.34. The van der Waals surface area contributed by atoms with Crippen molar-refractivity contribution >= 4 is 50.7 Å². The third-order valence-electron chi connectivity index (χ3n) is 6.50. The van der Waals surface area contributed by atoms with Crippen LogP contribution in [0.15, 0.2) is 71.6 Å². The molecule has 10 heteroatoms. The molecule has 0 aliphatic carbocycles. The molecule has 0 fully saturated rings. The summed E-state index contributed by atoms with van der Waals surface area (Å²) in [4.78, 5) is 28.8. The number of benzene rings is 3. The van der Waals surface area contributed by atoms with E-state index in [0.29, 0.717) is 6.42 Å². The van der Waals surface area contributed by atoms with Gasteiger partial charge in [-0.1, -0.05) is 72.1 Å². The summed E-state index contributed by atoms with van der Waals surface area (Å²) in [6.07, 6.45) is 0.341. The maximum absolute atomic E-state index is 14.1. The van der Waals surface area contributed by atoms with Crippen LogP contribution in [0.4, 0.5) is 5.69 Å². The number of nitrogens with one attached hydrogen (secondary N) is 1. The number of rotatable bonds is 11. The number of amides is 2. The Labute approximate surface area is 247 Å². The van der Waals surface area contributed by atoms with Crippen LogP contribution in [0, 0.1) is 13.8 Å². The first-order valence-electron chi connectivity index (χ1n) is 13.0. The molecule has 1 N–H and O–H groups in total. The molecule has 1 unspecified atom stereocenters. The highest BCUT2D eigenvalue weighted by atomic mass is 35.5. The Hall–Kier alpha value is -3.07. The molecule has 0 spiro atoms. The molecule has 0 bridgehead atoms. The Morgan fingerprint density at radius 1 is 0.925 bits per heavy atom. The molecular weight excluding hydrogens is 569 g/mol. The standard InChI is InChI=1S/C30H35Cl2N3O4S/c1-6-28(30(37)33-20(2)3)34(18-23-10-8-7-9-22(23)5)29(36)19-35(24-13-16-26(31)27(32)17-24)40(38,39)25-14-11-21(4)12-15-25/h7-17,20,28H,6,18-19H2,1-5H3,(H,33,37). The van der Waals surface area contributed by atoms with Crippen LogP contribution in [-0.4, -0.2) is 43.8 Å². The average Bonchev–Trinajstić information content (AvgIpc) is 2.89. The van der Waals surface area contributed by atoms with Crippen LogP contribution < -0.4 is 9.62 Å². The van der Waals surface area contributed by atoms with Gasteiger partial charge >= 0.3 is 0 Å². The highest BCUT2D eigenvalue weighted by molar-refractivity contribution is 7.92. The van der Waals surface area contributed by atoms with Crippen molar-refractivity contribution in [1.29, 1.82) is 0 Å². The Morgan fingerprint density at radius 3 is 2.15 bits per heavy atom. The summed E-state index contributed by atoms with van der Waals surface area (Å²) >= 11 is 12.4. The van der Waals surface area contributed by atoms with Gasteiger partial charge in [0, 0.05) is 12.6 Å². The fourth-order valence-electron chi connectivity index (χ4n) is 4.28. The topological polar surface area (TPSA) is 86.8 Å². The van der Waals surface area contributed by atoms with Gasteiger partial charge in [-0.3, -0.25) is 13.9 Å². The number of hydrogen-bond donors (Lipinski definition) is 1. The van der Waals surface area contributed by atoms with Gasteiger partial charge in [-0.25, -0.2) is 8.42 Å². The summed E-state index contributed by atoms with van der Waals surface area (Å²) in [6.45, 7) is 8.88. The van der Waals surface area contributed by atoms with Crippen LogP contribution >= 0.6 is 23.2 Å². The molecule has 214 valence electrons. The molecule has 3 aromatic rings. The molecule has 40 heavy (non-hydrogen) atoms. The van der Waals surface area contributed by atoms with Gasteiger partial charge in [0.15, 0.2) is 0 Å². The van der Waals surface area contributed by atoms with Crippen LogP contribution in [0.25, 0.3) is 0 Å². The van der Waals surface area contributed by atoms with Crippen molar-refractivity contribution in [3.05, 3.63) is 93.5 Å². The summed E-state index contributed by atoms with van der Waals surface area (Å²) in [5, 5.41) is 3.29. The Balaban J connectivity index is 2.10. The van der Waals surface area contributed by atoms with E-state index in [4.69, 9.17) is 23.2 Å². The van der Waals surface area contributed by atoms with E-state index in [0.717, 1.165) is 21.0 Å². The first-order chi connectivity index (χ1) is 18.8. The van der Waals surface area contributed by atoms with Crippen LogP contribution in [0.5, 0.6) is 0 Å². The maximum atomic E-state index is 14.1. The van der Waals surface area contributed by atoms with Gasteiger partial charge in [0.2, 0.25) is 11.8 Å². The van der Waals surface area contributed by atoms with Crippen LogP contribution in [0.1, 0.15) is 43.9 Å². The highest BCUT2D eigenvalue weighted by Crippen LogP contribution is 2.31. The predicted octanol–water partition coefficient (Wildman–Crippen LogP) is 6.14. The second-order valence-electron chi connectivity index (χ2n) is 9.96. The van der Waals surface area contributed by atoms with E-state index in [1.54, 1.807) is 12.1 Å². The van der Waals surface area contributed by atoms with Gasteiger partial charge in [0.1, 0.15) is 12.6 Å². The van der Waals surface area contributed by atoms with E-state index in [1.807, 2.05) is 58.9 Å². The second kappa shape index (κ2) is 13.5. The molecule has 0 heterocycles. The normalized spacial score (nSPS) is 12.2. The Bertz CT molecular complexity index is 1460. The molecule has 0 radical (unpaired) electrons. The maximum Gasteiger partial charge on any atom is 0.264 e. The van der Waals surface area contributed by atoms with Crippen molar-refractivity contribution < 1.29 is 18.0 Å². The number of anilines is 1. The van der Waals surface area contributed by atoms with E-state index in [1.165, 1.54) is 35.2 Å². The molecule has 0 aromatic heterocycles. The van der Waals surface area contributed by atoms with Gasteiger partial charge in [-0.05, 0) is 75.6 Å². The van der Waals surface area contributed by atoms with E-state index in [2.05, 4.69) is 5.32 Å². The number of carbonyl (C=O) groups is 2. The van der Waals surface area contributed by atoms with Crippen molar-refractivity contribution in [3.8, 4) is 0 Å². The minimum Gasteiger partial charge on any atom is -0.352 e. The van der Waals surface area contributed by atoms with Crippen molar-refractivity contribution in [1.82, 2.24) is 10.2 Å². The number of hydrogen-bond acceptors (Lipinski definition) is 4. The SMILES string of the molecule is CCC(C(=O)NC(C)C)N(Cc1ccccc1C)C(=O)CN(c1ccc(Cl)c(Cl)c1)S(=O)(=O)c1ccc(C)cc1. The van der Waals surface area contributed by atoms with E-state index in [-0.39, 0.29) is 39.1 Å². The Kier molecular flexibility index (Phi) is 10.6. The fraction of sp³-hybridized carbons (Fsp3) is 0.333. The zero-order valence-electron chi connectivity index (χ0n) is 23.3. The summed E-state index contributed by atoms with van der Waals surface area (Å²) in [5.41, 5.74) is 2.88. The van der Waals surface area contributed by atoms with Gasteiger partial charge in [0.05, 0.1) is 20.6 Å². The number of nitrogens with zero attached hydrogens (tertiary/aromatic N) is 2. The lowest BCUT2D eigenvalue weighted by atomic mass is 10.1. The third-order valence-corrected chi connectivity index (χ3v) is 9.02. The zero-order valence-corrected chi connectivity index (χ0v) is 25.6. The van der Waals surface area contributed by atoms with Crippen LogP contribution in [0.3, 0.4) is 0 Å². The van der Waals surface area contributed by atoms with E-state index in [9.17, 15) is 18.0 Å². The van der Waals surface area contributed by atoms with Gasteiger partial charge in [-0.2, -0.15) is 0 Å². The minimum atomic E-state index is -4.20. The molecule has 0 aliphatic rings. The first kappa shape index (κ1) is 31.5. The second-order valence-corrected chi connectivity index (χ2v) is 12.6. The monoisotopic (exact) mass is 603 g/mol. The largest absolute Gasteiger partial charge is 0.352 e. The van der Waals surface area contributed by atoms with Crippen LogP contribution in [0.2, 0.25) is 10.0 Å². The molecule has 1 atom stereocenters. The first-order valence-corrected chi connectivity index (χ1v) is 15.2. The van der Waals surface area contributed by atoms with Gasteiger partial charge in [0.25, 0.3) is 10.0 Å². The average molecular weight is 605 g/mol. The Morgan fingerprint density at radius 2 is 1.57 bits per heavy atom. The fourth-order valence-corrected chi connectivity index (χ4v) is 5.98. The van der Waals surface area contributed by atoms with Gasteiger partial charge < -0.3 is 10.2 Å². The van der Waals surface area contributed by atoms with Crippen molar-refractivity contribution in [2.24, 2.45) is 0 Å². The number of aryl methyl sites for hydroxylation is 2. The number of sulfonamides is 1. The zero-order chi connectivity index (χ0) is 29.6. The number of carbonyl (C=O) groups excluding carboxylic acids is 2. The molecule has 0 saturated carbocycles. The van der Waals surface area contributed by atoms with Crippen molar-refractivity contribution in [3.63, 3.8) is 0 Å². The molecule has 7 nitrogen and oxygen atoms in total. The summed E-state index contributed by atoms with van der Waals surface area (Å²) in [5.74, 6) is -0.835. The van der Waals surface area contributed by atoms with Crippen molar-refractivity contribution in [2.75, 3.05) is 10.8 Å². The lowest BCUT2D eigenvalue weighted by molar-refractivity contribution is -0.140. The molecule has 2 amide bonds. The van der Waals surface area contributed by atoms with Crippen molar-refractivity contribution in [2.45, 2.75) is 64.6 Å².